The predicted octanol–water partition coefficient (Wildman–Crippen LogP) is 4.48. The Morgan fingerprint density at radius 3 is 2.57 bits per heavy atom. The second-order valence-corrected chi connectivity index (χ2v) is 6.21. The van der Waals surface area contributed by atoms with Crippen molar-refractivity contribution in [3.8, 4) is 17.2 Å². The van der Waals surface area contributed by atoms with E-state index in [-0.39, 0.29) is 24.0 Å². The lowest BCUT2D eigenvalue weighted by atomic mass is 10.2. The Morgan fingerprint density at radius 1 is 1.07 bits per heavy atom. The molecule has 0 unspecified atom stereocenters. The summed E-state index contributed by atoms with van der Waals surface area (Å²) in [5.74, 6) is 2.07. The molecule has 160 valence electrons. The highest BCUT2D eigenvalue weighted by molar-refractivity contribution is 14.0. The molecule has 0 saturated heterocycles. The molecule has 0 saturated carbocycles. The third-order valence-electron chi connectivity index (χ3n) is 4.13. The van der Waals surface area contributed by atoms with E-state index in [4.69, 9.17) is 9.47 Å². The van der Waals surface area contributed by atoms with Crippen LogP contribution in [-0.2, 0) is 6.54 Å². The van der Waals surface area contributed by atoms with Gasteiger partial charge in [-0.3, -0.25) is 0 Å². The number of guanidine groups is 1. The summed E-state index contributed by atoms with van der Waals surface area (Å²) >= 11 is 0. The highest BCUT2D eigenvalue weighted by Crippen LogP contribution is 2.30. The Bertz CT molecular complexity index is 944. The third kappa shape index (κ3) is 6.38. The molecule has 0 amide bonds. The van der Waals surface area contributed by atoms with Gasteiger partial charge in [0, 0.05) is 24.5 Å². The molecule has 3 aromatic rings. The standard InChI is InChI=1S/C22H27N5O2.HI/c1-4-23-22(25-17-11-12-20(28-3)21(15-17)29-5-2)24-16-18-13-14-27(26-18)19-9-7-6-8-10-19;/h6-15H,4-5,16H2,1-3H3,(H2,23,24,25);1H. The molecule has 1 aromatic heterocycles. The molecular weight excluding hydrogens is 493 g/mol. The fourth-order valence-electron chi connectivity index (χ4n) is 2.80. The van der Waals surface area contributed by atoms with Gasteiger partial charge in [-0.25, -0.2) is 9.67 Å². The van der Waals surface area contributed by atoms with Crippen LogP contribution in [-0.4, -0.2) is 36.0 Å². The summed E-state index contributed by atoms with van der Waals surface area (Å²) in [4.78, 5) is 4.65. The Morgan fingerprint density at radius 2 is 1.87 bits per heavy atom. The van der Waals surface area contributed by atoms with Crippen molar-refractivity contribution in [2.24, 2.45) is 4.99 Å². The number of benzene rings is 2. The van der Waals surface area contributed by atoms with Crippen LogP contribution in [0.5, 0.6) is 11.5 Å². The zero-order chi connectivity index (χ0) is 20.5. The quantitative estimate of drug-likeness (QED) is 0.260. The van der Waals surface area contributed by atoms with E-state index in [1.54, 1.807) is 7.11 Å². The van der Waals surface area contributed by atoms with Gasteiger partial charge in [0.15, 0.2) is 17.5 Å². The lowest BCUT2D eigenvalue weighted by Gasteiger charge is -2.14. The third-order valence-corrected chi connectivity index (χ3v) is 4.13. The van der Waals surface area contributed by atoms with Crippen molar-refractivity contribution in [2.45, 2.75) is 20.4 Å². The minimum atomic E-state index is 0. The van der Waals surface area contributed by atoms with Gasteiger partial charge in [0.1, 0.15) is 0 Å². The number of rotatable bonds is 8. The van der Waals surface area contributed by atoms with Gasteiger partial charge in [-0.15, -0.1) is 24.0 Å². The molecule has 8 heteroatoms. The van der Waals surface area contributed by atoms with Gasteiger partial charge in [-0.1, -0.05) is 18.2 Å². The van der Waals surface area contributed by atoms with Crippen LogP contribution < -0.4 is 20.1 Å². The molecule has 3 rings (SSSR count). The van der Waals surface area contributed by atoms with Gasteiger partial charge in [-0.05, 0) is 44.2 Å². The molecule has 1 heterocycles. The van der Waals surface area contributed by atoms with E-state index in [2.05, 4.69) is 20.7 Å². The first-order valence-corrected chi connectivity index (χ1v) is 9.69. The summed E-state index contributed by atoms with van der Waals surface area (Å²) in [5, 5.41) is 11.2. The highest BCUT2D eigenvalue weighted by Gasteiger charge is 2.07. The van der Waals surface area contributed by atoms with E-state index in [1.165, 1.54) is 0 Å². The highest BCUT2D eigenvalue weighted by atomic mass is 127. The average Bonchev–Trinajstić information content (AvgIpc) is 3.22. The fourth-order valence-corrected chi connectivity index (χ4v) is 2.80. The van der Waals surface area contributed by atoms with Gasteiger partial charge in [0.2, 0.25) is 0 Å². The molecule has 0 bridgehead atoms. The van der Waals surface area contributed by atoms with Crippen LogP contribution in [0.4, 0.5) is 5.69 Å². The molecule has 0 aliphatic rings. The number of aliphatic imine (C=N–C) groups is 1. The topological polar surface area (TPSA) is 72.7 Å². The lowest BCUT2D eigenvalue weighted by molar-refractivity contribution is 0.311. The summed E-state index contributed by atoms with van der Waals surface area (Å²) in [6.07, 6.45) is 1.94. The van der Waals surface area contributed by atoms with Gasteiger partial charge in [0.25, 0.3) is 0 Å². The smallest absolute Gasteiger partial charge is 0.196 e. The van der Waals surface area contributed by atoms with Crippen LogP contribution in [0.25, 0.3) is 5.69 Å². The van der Waals surface area contributed by atoms with Gasteiger partial charge in [-0.2, -0.15) is 5.10 Å². The molecule has 0 atom stereocenters. The molecule has 0 spiro atoms. The van der Waals surface area contributed by atoms with Gasteiger partial charge >= 0.3 is 0 Å². The number of hydrogen-bond donors (Lipinski definition) is 2. The Balaban J connectivity index is 0.00000320. The van der Waals surface area contributed by atoms with E-state index in [1.807, 2.05) is 79.3 Å². The van der Waals surface area contributed by atoms with Crippen LogP contribution in [0.2, 0.25) is 0 Å². The van der Waals surface area contributed by atoms with E-state index < -0.39 is 0 Å². The maximum atomic E-state index is 5.65. The molecule has 0 aliphatic carbocycles. The average molecular weight is 521 g/mol. The van der Waals surface area contributed by atoms with Crippen molar-refractivity contribution >= 4 is 35.6 Å². The van der Waals surface area contributed by atoms with Crippen molar-refractivity contribution in [1.29, 1.82) is 0 Å². The second-order valence-electron chi connectivity index (χ2n) is 6.21. The zero-order valence-corrected chi connectivity index (χ0v) is 19.8. The molecular formula is C22H28IN5O2. The summed E-state index contributed by atoms with van der Waals surface area (Å²) < 4.78 is 12.8. The maximum Gasteiger partial charge on any atom is 0.196 e. The zero-order valence-electron chi connectivity index (χ0n) is 17.5. The Labute approximate surface area is 194 Å². The van der Waals surface area contributed by atoms with Crippen LogP contribution in [0, 0.1) is 0 Å². The minimum absolute atomic E-state index is 0. The number of anilines is 1. The molecule has 2 N–H and O–H groups in total. The molecule has 2 aromatic carbocycles. The summed E-state index contributed by atoms with van der Waals surface area (Å²) in [5.41, 5.74) is 2.77. The Hall–Kier alpha value is -2.75. The van der Waals surface area contributed by atoms with E-state index in [0.29, 0.717) is 30.6 Å². The van der Waals surface area contributed by atoms with Crippen LogP contribution in [0.3, 0.4) is 0 Å². The molecule has 0 aliphatic heterocycles. The predicted molar refractivity (Wildman–Crippen MR) is 132 cm³/mol. The summed E-state index contributed by atoms with van der Waals surface area (Å²) in [6, 6.07) is 17.7. The lowest BCUT2D eigenvalue weighted by Crippen LogP contribution is -2.30. The largest absolute Gasteiger partial charge is 0.493 e. The van der Waals surface area contributed by atoms with E-state index in [0.717, 1.165) is 23.6 Å². The first kappa shape index (κ1) is 23.5. The summed E-state index contributed by atoms with van der Waals surface area (Å²) in [6.45, 7) is 5.75. The number of ether oxygens (including phenoxy) is 2. The van der Waals surface area contributed by atoms with Crippen LogP contribution in [0.15, 0.2) is 65.8 Å². The van der Waals surface area contributed by atoms with Crippen LogP contribution >= 0.6 is 24.0 Å². The van der Waals surface area contributed by atoms with Gasteiger partial charge < -0.3 is 20.1 Å². The van der Waals surface area contributed by atoms with E-state index >= 15 is 0 Å². The number of para-hydroxylation sites is 1. The number of methoxy groups -OCH3 is 1. The number of aromatic nitrogens is 2. The Kier molecular flexibility index (Phi) is 9.46. The van der Waals surface area contributed by atoms with Crippen molar-refractivity contribution < 1.29 is 9.47 Å². The number of nitrogens with one attached hydrogen (secondary N) is 2. The van der Waals surface area contributed by atoms with Crippen molar-refractivity contribution in [2.75, 3.05) is 25.6 Å². The number of halogens is 1. The first-order chi connectivity index (χ1) is 14.2. The second kappa shape index (κ2) is 12.1. The minimum Gasteiger partial charge on any atom is -0.493 e. The SMILES string of the molecule is CCNC(=NCc1ccn(-c2ccccc2)n1)Nc1ccc(OC)c(OCC)c1.I. The first-order valence-electron chi connectivity index (χ1n) is 9.69. The van der Waals surface area contributed by atoms with Crippen molar-refractivity contribution in [1.82, 2.24) is 15.1 Å². The van der Waals surface area contributed by atoms with E-state index in [9.17, 15) is 0 Å². The van der Waals surface area contributed by atoms with Gasteiger partial charge in [0.05, 0.1) is 31.6 Å². The molecule has 0 radical (unpaired) electrons. The fraction of sp³-hybridized carbons (Fsp3) is 0.273. The normalized spacial score (nSPS) is 10.8. The molecule has 30 heavy (non-hydrogen) atoms. The maximum absolute atomic E-state index is 5.65. The van der Waals surface area contributed by atoms with Crippen molar-refractivity contribution in [3.63, 3.8) is 0 Å². The van der Waals surface area contributed by atoms with Crippen molar-refractivity contribution in [3.05, 3.63) is 66.5 Å². The molecule has 0 fully saturated rings. The van der Waals surface area contributed by atoms with Crippen LogP contribution in [0.1, 0.15) is 19.5 Å². The summed E-state index contributed by atoms with van der Waals surface area (Å²) in [7, 11) is 1.63. The number of nitrogens with zero attached hydrogens (tertiary/aromatic N) is 3. The molecule has 7 nitrogen and oxygen atoms in total. The monoisotopic (exact) mass is 521 g/mol. The number of hydrogen-bond acceptors (Lipinski definition) is 4.